The van der Waals surface area contributed by atoms with Crippen LogP contribution in [0.1, 0.15) is 83.5 Å². The molecule has 2 unspecified atom stereocenters. The predicted octanol–water partition coefficient (Wildman–Crippen LogP) is 3.93. The fraction of sp³-hybridized carbons (Fsp3) is 0.654. The van der Waals surface area contributed by atoms with Gasteiger partial charge in [-0.2, -0.15) is 0 Å². The molecule has 1 aliphatic heterocycles. The molecule has 0 spiro atoms. The van der Waals surface area contributed by atoms with Crippen LogP contribution in [-0.4, -0.2) is 45.9 Å². The zero-order valence-electron chi connectivity index (χ0n) is 20.2. The minimum absolute atomic E-state index is 0.0785. The number of piperidine rings is 1. The van der Waals surface area contributed by atoms with Crippen LogP contribution in [0.4, 0.5) is 0 Å². The molecule has 1 aromatic heterocycles. The number of nitrogens with zero attached hydrogens (tertiary/aromatic N) is 2. The average Bonchev–Trinajstić information content (AvgIpc) is 2.75. The minimum Gasteiger partial charge on any atom is -0.349 e. The molecule has 1 aromatic rings. The van der Waals surface area contributed by atoms with Crippen LogP contribution in [0.15, 0.2) is 31.0 Å². The molecule has 1 aliphatic carbocycles. The number of pyridine rings is 1. The van der Waals surface area contributed by atoms with E-state index in [0.29, 0.717) is 18.9 Å². The van der Waals surface area contributed by atoms with Gasteiger partial charge in [0.2, 0.25) is 11.8 Å². The van der Waals surface area contributed by atoms with Crippen LogP contribution in [0.5, 0.6) is 0 Å². The summed E-state index contributed by atoms with van der Waals surface area (Å²) >= 11 is 0. The van der Waals surface area contributed by atoms with Gasteiger partial charge in [-0.15, -0.1) is 6.58 Å². The standard InChI is InChI=1S/C26H40N4O2/c1-6-7-15-26(28-19(2)31,24(32)29-25(3,4)5)21-13-17-30(18-14-21)22-12-8-10-20-11-9-16-27-23(20)22/h6,9,11,16,21-22H,1,7-8,10,12-15,17-18H2,2-5H3,(H,28,31)(H,29,32). The maximum atomic E-state index is 13.6. The van der Waals surface area contributed by atoms with Gasteiger partial charge in [-0.3, -0.25) is 19.5 Å². The quantitative estimate of drug-likeness (QED) is 0.630. The molecule has 1 saturated heterocycles. The highest BCUT2D eigenvalue weighted by molar-refractivity contribution is 5.91. The van der Waals surface area contributed by atoms with Crippen molar-refractivity contribution in [2.45, 2.75) is 89.8 Å². The third kappa shape index (κ3) is 5.58. The number of hydrogen-bond acceptors (Lipinski definition) is 4. The van der Waals surface area contributed by atoms with Crippen LogP contribution in [0.25, 0.3) is 0 Å². The number of aromatic nitrogens is 1. The van der Waals surface area contributed by atoms with E-state index in [1.807, 2.05) is 39.1 Å². The Bertz CT molecular complexity index is 823. The van der Waals surface area contributed by atoms with Crippen molar-refractivity contribution in [2.24, 2.45) is 5.92 Å². The fourth-order valence-corrected chi connectivity index (χ4v) is 5.46. The molecule has 2 aliphatic rings. The van der Waals surface area contributed by atoms with Gasteiger partial charge in [-0.25, -0.2) is 0 Å². The number of likely N-dealkylation sites (tertiary alicyclic amines) is 1. The van der Waals surface area contributed by atoms with Crippen LogP contribution >= 0.6 is 0 Å². The Labute approximate surface area is 193 Å². The maximum Gasteiger partial charge on any atom is 0.246 e. The molecule has 0 bridgehead atoms. The summed E-state index contributed by atoms with van der Waals surface area (Å²) in [5.74, 6) is -0.159. The second-order valence-corrected chi connectivity index (χ2v) is 10.5. The predicted molar refractivity (Wildman–Crippen MR) is 128 cm³/mol. The van der Waals surface area contributed by atoms with Gasteiger partial charge in [0.1, 0.15) is 5.54 Å². The average molecular weight is 441 g/mol. The first-order valence-electron chi connectivity index (χ1n) is 12.1. The lowest BCUT2D eigenvalue weighted by Crippen LogP contribution is -2.66. The second-order valence-electron chi connectivity index (χ2n) is 10.5. The summed E-state index contributed by atoms with van der Waals surface area (Å²) in [7, 11) is 0. The summed E-state index contributed by atoms with van der Waals surface area (Å²) in [5, 5.41) is 6.25. The molecule has 0 radical (unpaired) electrons. The van der Waals surface area contributed by atoms with Crippen molar-refractivity contribution in [2.75, 3.05) is 13.1 Å². The molecular weight excluding hydrogens is 400 g/mol. The molecule has 2 amide bonds. The molecule has 2 N–H and O–H groups in total. The Morgan fingerprint density at radius 1 is 1.22 bits per heavy atom. The van der Waals surface area contributed by atoms with E-state index in [1.54, 1.807) is 0 Å². The van der Waals surface area contributed by atoms with Gasteiger partial charge in [0.15, 0.2) is 0 Å². The highest BCUT2D eigenvalue weighted by Gasteiger charge is 2.48. The molecule has 6 nitrogen and oxygen atoms in total. The van der Waals surface area contributed by atoms with E-state index in [0.717, 1.165) is 38.8 Å². The fourth-order valence-electron chi connectivity index (χ4n) is 5.46. The largest absolute Gasteiger partial charge is 0.349 e. The van der Waals surface area contributed by atoms with Gasteiger partial charge in [-0.1, -0.05) is 12.1 Å². The minimum atomic E-state index is -0.915. The van der Waals surface area contributed by atoms with E-state index in [2.05, 4.69) is 28.2 Å². The van der Waals surface area contributed by atoms with Gasteiger partial charge < -0.3 is 10.6 Å². The Hall–Kier alpha value is -2.21. The van der Waals surface area contributed by atoms with E-state index in [4.69, 9.17) is 4.98 Å². The van der Waals surface area contributed by atoms with Crippen molar-refractivity contribution in [3.63, 3.8) is 0 Å². The van der Waals surface area contributed by atoms with Gasteiger partial charge in [-0.05, 0) is 96.4 Å². The first-order chi connectivity index (χ1) is 15.2. The van der Waals surface area contributed by atoms with Crippen molar-refractivity contribution >= 4 is 11.8 Å². The second kappa shape index (κ2) is 10.2. The van der Waals surface area contributed by atoms with E-state index in [9.17, 15) is 9.59 Å². The van der Waals surface area contributed by atoms with Crippen LogP contribution in [0.3, 0.4) is 0 Å². The molecule has 32 heavy (non-hydrogen) atoms. The molecule has 176 valence electrons. The van der Waals surface area contributed by atoms with E-state index >= 15 is 0 Å². The summed E-state index contributed by atoms with van der Waals surface area (Å²) in [5.41, 5.74) is 1.31. The first-order valence-corrected chi connectivity index (χ1v) is 12.1. The van der Waals surface area contributed by atoms with Crippen molar-refractivity contribution in [1.82, 2.24) is 20.5 Å². The Morgan fingerprint density at radius 3 is 2.56 bits per heavy atom. The SMILES string of the molecule is C=CCCC(NC(C)=O)(C(=O)NC(C)(C)C)C1CCN(C2CCCc3cccnc32)CC1. The zero-order valence-corrected chi connectivity index (χ0v) is 20.2. The number of nitrogens with one attached hydrogen (secondary N) is 2. The van der Waals surface area contributed by atoms with Crippen molar-refractivity contribution in [3.8, 4) is 0 Å². The molecule has 3 rings (SSSR count). The zero-order chi connectivity index (χ0) is 23.4. The topological polar surface area (TPSA) is 74.3 Å². The maximum absolute atomic E-state index is 13.6. The highest BCUT2D eigenvalue weighted by atomic mass is 16.2. The number of aryl methyl sites for hydroxylation is 1. The van der Waals surface area contributed by atoms with Crippen molar-refractivity contribution in [1.29, 1.82) is 0 Å². The number of hydrogen-bond donors (Lipinski definition) is 2. The number of amides is 2. The molecule has 0 saturated carbocycles. The summed E-state index contributed by atoms with van der Waals surface area (Å²) in [4.78, 5) is 33.1. The summed E-state index contributed by atoms with van der Waals surface area (Å²) in [6.45, 7) is 13.1. The van der Waals surface area contributed by atoms with E-state index < -0.39 is 5.54 Å². The molecule has 6 heteroatoms. The lowest BCUT2D eigenvalue weighted by molar-refractivity contribution is -0.138. The summed E-state index contributed by atoms with van der Waals surface area (Å²) in [6, 6.07) is 4.59. The Morgan fingerprint density at radius 2 is 1.94 bits per heavy atom. The number of rotatable bonds is 7. The van der Waals surface area contributed by atoms with Crippen molar-refractivity contribution in [3.05, 3.63) is 42.2 Å². The number of carbonyl (C=O) groups excluding carboxylic acids is 2. The van der Waals surface area contributed by atoms with Gasteiger partial charge in [0.05, 0.1) is 11.7 Å². The van der Waals surface area contributed by atoms with Gasteiger partial charge in [0, 0.05) is 18.7 Å². The third-order valence-corrected chi connectivity index (χ3v) is 6.87. The third-order valence-electron chi connectivity index (χ3n) is 6.87. The molecule has 2 atom stereocenters. The Balaban J connectivity index is 1.81. The van der Waals surface area contributed by atoms with Gasteiger partial charge in [0.25, 0.3) is 0 Å². The monoisotopic (exact) mass is 440 g/mol. The molecule has 0 aromatic carbocycles. The number of fused-ring (bicyclic) bond motifs is 1. The Kier molecular flexibility index (Phi) is 7.75. The van der Waals surface area contributed by atoms with Crippen molar-refractivity contribution < 1.29 is 9.59 Å². The smallest absolute Gasteiger partial charge is 0.246 e. The van der Waals surface area contributed by atoms with E-state index in [-0.39, 0.29) is 23.3 Å². The molecule has 1 fully saturated rings. The lowest BCUT2D eigenvalue weighted by Gasteiger charge is -2.47. The van der Waals surface area contributed by atoms with Crippen LogP contribution in [-0.2, 0) is 16.0 Å². The highest BCUT2D eigenvalue weighted by Crippen LogP contribution is 2.39. The number of carbonyl (C=O) groups is 2. The normalized spacial score (nSPS) is 21.8. The van der Waals surface area contributed by atoms with E-state index in [1.165, 1.54) is 24.6 Å². The number of allylic oxidation sites excluding steroid dienone is 1. The van der Waals surface area contributed by atoms with Crippen LogP contribution in [0.2, 0.25) is 0 Å². The molecule has 2 heterocycles. The summed E-state index contributed by atoms with van der Waals surface area (Å²) < 4.78 is 0. The molecular formula is C26H40N4O2. The lowest BCUT2D eigenvalue weighted by atomic mass is 9.73. The first kappa shape index (κ1) is 24.4. The van der Waals surface area contributed by atoms with Crippen LogP contribution in [0, 0.1) is 5.92 Å². The van der Waals surface area contributed by atoms with Gasteiger partial charge >= 0.3 is 0 Å². The summed E-state index contributed by atoms with van der Waals surface area (Å²) in [6.07, 6.45) is 10.1. The van der Waals surface area contributed by atoms with Crippen LogP contribution < -0.4 is 10.6 Å².